The van der Waals surface area contributed by atoms with E-state index in [2.05, 4.69) is 35.8 Å². The van der Waals surface area contributed by atoms with Crippen LogP contribution in [0, 0.1) is 5.41 Å². The molecule has 3 fully saturated rings. The summed E-state index contributed by atoms with van der Waals surface area (Å²) in [7, 11) is 0. The van der Waals surface area contributed by atoms with Crippen molar-refractivity contribution in [3.8, 4) is 0 Å². The van der Waals surface area contributed by atoms with Gasteiger partial charge in [-0.15, -0.1) is 0 Å². The molecule has 4 aliphatic heterocycles. The highest BCUT2D eigenvalue weighted by Gasteiger charge is 2.52. The second-order valence-corrected chi connectivity index (χ2v) is 10.2. The van der Waals surface area contributed by atoms with Crippen LogP contribution in [-0.2, 0) is 14.3 Å². The Balaban J connectivity index is 1.40. The Morgan fingerprint density at radius 3 is 2.44 bits per heavy atom. The summed E-state index contributed by atoms with van der Waals surface area (Å²) in [6.07, 6.45) is 12.0. The van der Waals surface area contributed by atoms with E-state index in [0.29, 0.717) is 31.8 Å². The highest BCUT2D eigenvalue weighted by Crippen LogP contribution is 2.49. The van der Waals surface area contributed by atoms with Crippen LogP contribution in [0.25, 0.3) is 0 Å². The lowest BCUT2D eigenvalue weighted by Crippen LogP contribution is -2.50. The maximum atomic E-state index is 13.9. The van der Waals surface area contributed by atoms with Gasteiger partial charge in [0.25, 0.3) is 0 Å². The van der Waals surface area contributed by atoms with Crippen LogP contribution < -0.4 is 0 Å². The lowest BCUT2D eigenvalue weighted by molar-refractivity contribution is -0.142. The fraction of sp³-hybridized carbons (Fsp3) is 0.778. The molecule has 1 spiro atoms. The fourth-order valence-electron chi connectivity index (χ4n) is 6.48. The number of hydrogen-bond acceptors (Lipinski definition) is 5. The van der Waals surface area contributed by atoms with Gasteiger partial charge in [-0.2, -0.15) is 0 Å². The van der Waals surface area contributed by atoms with Crippen LogP contribution in [-0.4, -0.2) is 84.8 Å². The van der Waals surface area contributed by atoms with Gasteiger partial charge in [0.1, 0.15) is 0 Å². The smallest absolute Gasteiger partial charge is 0.409 e. The Bertz CT molecular complexity index is 794. The number of nitrogens with zero attached hydrogens (tertiary/aromatic N) is 3. The van der Waals surface area contributed by atoms with Gasteiger partial charge < -0.3 is 24.2 Å². The SMILES string of the molecule is CC/C=C\C1=C(C)N(C2CCN(C3CCCN(C(=O)OCC)CC3)CC2)C(=O)C12CCOCC2. The van der Waals surface area contributed by atoms with Crippen molar-refractivity contribution in [1.29, 1.82) is 0 Å². The van der Waals surface area contributed by atoms with E-state index in [1.54, 1.807) is 0 Å². The van der Waals surface area contributed by atoms with Crippen LogP contribution >= 0.6 is 0 Å². The largest absolute Gasteiger partial charge is 0.450 e. The van der Waals surface area contributed by atoms with E-state index in [4.69, 9.17) is 9.47 Å². The van der Waals surface area contributed by atoms with E-state index in [1.165, 1.54) is 5.57 Å². The van der Waals surface area contributed by atoms with Crippen LogP contribution in [0.5, 0.6) is 0 Å². The molecule has 34 heavy (non-hydrogen) atoms. The first-order chi connectivity index (χ1) is 16.5. The van der Waals surface area contributed by atoms with E-state index in [0.717, 1.165) is 83.2 Å². The normalized spacial score (nSPS) is 27.1. The van der Waals surface area contributed by atoms with Crippen LogP contribution in [0.3, 0.4) is 0 Å². The van der Waals surface area contributed by atoms with E-state index in [1.807, 2.05) is 11.8 Å². The predicted molar refractivity (Wildman–Crippen MR) is 132 cm³/mol. The quantitative estimate of drug-likeness (QED) is 0.594. The molecule has 0 radical (unpaired) electrons. The highest BCUT2D eigenvalue weighted by atomic mass is 16.6. The first kappa shape index (κ1) is 25.2. The third-order valence-corrected chi connectivity index (χ3v) is 8.37. The average molecular weight is 474 g/mol. The van der Waals surface area contributed by atoms with Crippen molar-refractivity contribution >= 4 is 12.0 Å². The number of rotatable bonds is 5. The molecule has 4 aliphatic rings. The lowest BCUT2D eigenvalue weighted by Gasteiger charge is -2.42. The van der Waals surface area contributed by atoms with Gasteiger partial charge in [-0.25, -0.2) is 4.79 Å². The number of carbonyl (C=O) groups excluding carboxylic acids is 2. The zero-order valence-electron chi connectivity index (χ0n) is 21.4. The van der Waals surface area contributed by atoms with E-state index >= 15 is 0 Å². The van der Waals surface area contributed by atoms with E-state index in [-0.39, 0.29) is 17.6 Å². The summed E-state index contributed by atoms with van der Waals surface area (Å²) < 4.78 is 10.9. The van der Waals surface area contributed by atoms with Crippen LogP contribution in [0.4, 0.5) is 4.79 Å². The van der Waals surface area contributed by atoms with Gasteiger partial charge in [0.2, 0.25) is 5.91 Å². The summed E-state index contributed by atoms with van der Waals surface area (Å²) in [4.78, 5) is 32.7. The Morgan fingerprint density at radius 2 is 1.76 bits per heavy atom. The second-order valence-electron chi connectivity index (χ2n) is 10.2. The van der Waals surface area contributed by atoms with Crippen molar-refractivity contribution in [2.75, 3.05) is 46.0 Å². The Labute approximate surface area is 205 Å². The zero-order chi connectivity index (χ0) is 24.1. The molecular weight excluding hydrogens is 430 g/mol. The Morgan fingerprint density at radius 1 is 1.06 bits per heavy atom. The molecule has 7 heteroatoms. The molecule has 0 saturated carbocycles. The second kappa shape index (κ2) is 11.3. The molecular formula is C27H43N3O4. The summed E-state index contributed by atoms with van der Waals surface area (Å²) in [5, 5.41) is 0. The summed E-state index contributed by atoms with van der Waals surface area (Å²) in [5.41, 5.74) is 2.01. The number of allylic oxidation sites excluding steroid dienone is 3. The number of piperidine rings is 1. The fourth-order valence-corrected chi connectivity index (χ4v) is 6.48. The van der Waals surface area contributed by atoms with Crippen LogP contribution in [0.15, 0.2) is 23.4 Å². The van der Waals surface area contributed by atoms with Crippen molar-refractivity contribution in [2.45, 2.75) is 84.2 Å². The summed E-state index contributed by atoms with van der Waals surface area (Å²) in [5.74, 6) is 0.307. The predicted octanol–water partition coefficient (Wildman–Crippen LogP) is 4.34. The molecule has 190 valence electrons. The van der Waals surface area contributed by atoms with Crippen molar-refractivity contribution in [3.63, 3.8) is 0 Å². The number of amides is 2. The van der Waals surface area contributed by atoms with Gasteiger partial charge in [0.05, 0.1) is 12.0 Å². The first-order valence-electron chi connectivity index (χ1n) is 13.5. The van der Waals surface area contributed by atoms with E-state index in [9.17, 15) is 9.59 Å². The van der Waals surface area contributed by atoms with Gasteiger partial charge in [-0.1, -0.05) is 19.1 Å². The minimum absolute atomic E-state index is 0.174. The zero-order valence-corrected chi connectivity index (χ0v) is 21.4. The highest BCUT2D eigenvalue weighted by molar-refractivity contribution is 5.92. The topological polar surface area (TPSA) is 62.3 Å². The molecule has 0 N–H and O–H groups in total. The van der Waals surface area contributed by atoms with Crippen molar-refractivity contribution in [2.24, 2.45) is 5.41 Å². The Kier molecular flexibility index (Phi) is 8.35. The number of ether oxygens (including phenoxy) is 2. The molecule has 4 heterocycles. The van der Waals surface area contributed by atoms with Gasteiger partial charge in [0, 0.05) is 57.2 Å². The number of hydrogen-bond donors (Lipinski definition) is 0. The van der Waals surface area contributed by atoms with Gasteiger partial charge in [0.15, 0.2) is 0 Å². The average Bonchev–Trinajstić information content (AvgIpc) is 3.02. The maximum absolute atomic E-state index is 13.9. The van der Waals surface area contributed by atoms with Crippen molar-refractivity contribution < 1.29 is 19.1 Å². The molecule has 0 aromatic heterocycles. The Hall–Kier alpha value is -1.86. The maximum Gasteiger partial charge on any atom is 0.409 e. The molecule has 2 amide bonds. The molecule has 3 saturated heterocycles. The van der Waals surface area contributed by atoms with E-state index < -0.39 is 0 Å². The van der Waals surface area contributed by atoms with Crippen LogP contribution in [0.1, 0.15) is 72.1 Å². The minimum Gasteiger partial charge on any atom is -0.450 e. The monoisotopic (exact) mass is 473 g/mol. The molecule has 7 nitrogen and oxygen atoms in total. The van der Waals surface area contributed by atoms with Crippen molar-refractivity contribution in [3.05, 3.63) is 23.4 Å². The third kappa shape index (κ3) is 4.92. The van der Waals surface area contributed by atoms with Gasteiger partial charge in [-0.05, 0) is 70.8 Å². The molecule has 1 unspecified atom stereocenters. The summed E-state index contributed by atoms with van der Waals surface area (Å²) in [6, 6.07) is 0.786. The molecule has 4 rings (SSSR count). The first-order valence-corrected chi connectivity index (χ1v) is 13.5. The molecule has 1 atom stereocenters. The summed E-state index contributed by atoms with van der Waals surface area (Å²) in [6.45, 7) is 11.5. The van der Waals surface area contributed by atoms with Crippen LogP contribution in [0.2, 0.25) is 0 Å². The van der Waals surface area contributed by atoms with Gasteiger partial charge in [-0.3, -0.25) is 4.79 Å². The summed E-state index contributed by atoms with van der Waals surface area (Å²) >= 11 is 0. The van der Waals surface area contributed by atoms with Gasteiger partial charge >= 0.3 is 6.09 Å². The number of carbonyl (C=O) groups is 2. The molecule has 0 aromatic carbocycles. The lowest BCUT2D eigenvalue weighted by atomic mass is 9.74. The van der Waals surface area contributed by atoms with Crippen molar-refractivity contribution in [1.82, 2.24) is 14.7 Å². The third-order valence-electron chi connectivity index (χ3n) is 8.37. The molecule has 0 aromatic rings. The number of likely N-dealkylation sites (tertiary alicyclic amines) is 2. The molecule has 0 bridgehead atoms. The standard InChI is InChI=1S/C27H43N3O4/c1-4-6-9-24-21(3)30(25(31)27(24)13-19-33-20-14-27)23-11-16-28(17-12-23)22-8-7-15-29(18-10-22)26(32)34-5-2/h6,9,22-23H,4-5,7-8,10-20H2,1-3H3/b9-6-. The molecule has 0 aliphatic carbocycles. The minimum atomic E-state index is -0.386.